The van der Waals surface area contributed by atoms with Gasteiger partial charge in [-0.05, 0) is 0 Å². The number of rotatable bonds is 2. The van der Waals surface area contributed by atoms with E-state index in [0.29, 0.717) is 0 Å². The van der Waals surface area contributed by atoms with E-state index in [1.165, 1.54) is 0 Å². The molecule has 7 nitrogen and oxygen atoms in total. The molecule has 0 heterocycles. The number of nitrogens with zero attached hydrogens (tertiary/aromatic N) is 2. The first-order chi connectivity index (χ1) is 6.43. The minimum Gasteiger partial charge on any atom is -0.863 e. The van der Waals surface area contributed by atoms with Gasteiger partial charge in [-0.3, -0.25) is 20.2 Å². The summed E-state index contributed by atoms with van der Waals surface area (Å²) in [7, 11) is 0. The average Bonchev–Trinajstić information content (AvgIpc) is 2.07. The standard InChI is InChI=1S/C6H3ClN2O5/c7-3-1-4(8(11)12)6(10)5(2-3)9(13)14/h1-2,10H/p-1. The van der Waals surface area contributed by atoms with Crippen LogP contribution in [0.25, 0.3) is 0 Å². The van der Waals surface area contributed by atoms with Gasteiger partial charge in [-0.1, -0.05) is 11.6 Å². The van der Waals surface area contributed by atoms with Crippen molar-refractivity contribution >= 4 is 23.0 Å². The Morgan fingerprint density at radius 3 is 1.71 bits per heavy atom. The van der Waals surface area contributed by atoms with Gasteiger partial charge in [0, 0.05) is 12.1 Å². The Hall–Kier alpha value is -1.89. The smallest absolute Gasteiger partial charge is 0.270 e. The molecule has 0 spiro atoms. The molecule has 8 heteroatoms. The van der Waals surface area contributed by atoms with Crippen LogP contribution in [-0.2, 0) is 0 Å². The van der Waals surface area contributed by atoms with E-state index in [2.05, 4.69) is 0 Å². The Bertz CT molecular complexity index is 384. The first-order valence-electron chi connectivity index (χ1n) is 3.23. The summed E-state index contributed by atoms with van der Waals surface area (Å²) in [5.41, 5.74) is -1.80. The molecular formula is C6H2ClN2O5-. The summed E-state index contributed by atoms with van der Waals surface area (Å²) in [6, 6.07) is 1.55. The van der Waals surface area contributed by atoms with Crippen LogP contribution in [0.5, 0.6) is 5.75 Å². The molecule has 74 valence electrons. The second-order valence-electron chi connectivity index (χ2n) is 2.29. The van der Waals surface area contributed by atoms with Crippen molar-refractivity contribution in [2.75, 3.05) is 0 Å². The Kier molecular flexibility index (Phi) is 2.52. The molecule has 0 radical (unpaired) electrons. The van der Waals surface area contributed by atoms with Crippen LogP contribution < -0.4 is 5.11 Å². The third kappa shape index (κ3) is 1.72. The minimum absolute atomic E-state index is 0.219. The van der Waals surface area contributed by atoms with E-state index in [-0.39, 0.29) is 5.02 Å². The normalized spacial score (nSPS) is 9.79. The van der Waals surface area contributed by atoms with Gasteiger partial charge in [-0.25, -0.2) is 0 Å². The van der Waals surface area contributed by atoms with E-state index >= 15 is 0 Å². The van der Waals surface area contributed by atoms with Gasteiger partial charge < -0.3 is 5.11 Å². The molecule has 1 aromatic carbocycles. The molecule has 0 fully saturated rings. The second kappa shape index (κ2) is 3.46. The summed E-state index contributed by atoms with van der Waals surface area (Å²) in [4.78, 5) is 18.5. The molecule has 0 aliphatic rings. The molecule has 0 saturated carbocycles. The lowest BCUT2D eigenvalue weighted by atomic mass is 10.2. The molecule has 1 aromatic rings. The summed E-state index contributed by atoms with van der Waals surface area (Å²) < 4.78 is 0. The molecule has 0 amide bonds. The average molecular weight is 218 g/mol. The molecule has 0 bridgehead atoms. The molecule has 0 aliphatic heterocycles. The van der Waals surface area contributed by atoms with Crippen LogP contribution >= 0.6 is 11.6 Å². The lowest BCUT2D eigenvalue weighted by molar-refractivity contribution is -0.416. The highest BCUT2D eigenvalue weighted by molar-refractivity contribution is 6.31. The van der Waals surface area contributed by atoms with E-state index < -0.39 is 27.0 Å². The zero-order chi connectivity index (χ0) is 10.9. The van der Waals surface area contributed by atoms with E-state index in [1.807, 2.05) is 0 Å². The summed E-state index contributed by atoms with van der Waals surface area (Å²) in [5, 5.41) is 31.4. The number of hydrogen-bond acceptors (Lipinski definition) is 5. The van der Waals surface area contributed by atoms with Crippen molar-refractivity contribution in [1.82, 2.24) is 0 Å². The van der Waals surface area contributed by atoms with Gasteiger partial charge in [0.25, 0.3) is 11.4 Å². The maximum absolute atomic E-state index is 11.1. The molecule has 0 unspecified atom stereocenters. The van der Waals surface area contributed by atoms with Crippen LogP contribution in [0.15, 0.2) is 12.1 Å². The van der Waals surface area contributed by atoms with Crippen molar-refractivity contribution in [3.8, 4) is 5.75 Å². The Labute approximate surface area is 81.8 Å². The van der Waals surface area contributed by atoms with Crippen molar-refractivity contribution in [2.45, 2.75) is 0 Å². The summed E-state index contributed by atoms with van der Waals surface area (Å²) in [6.07, 6.45) is 0. The first kappa shape index (κ1) is 10.2. The molecule has 0 aromatic heterocycles. The third-order valence-corrected chi connectivity index (χ3v) is 1.63. The fourth-order valence-electron chi connectivity index (χ4n) is 0.836. The molecular weight excluding hydrogens is 216 g/mol. The Morgan fingerprint density at radius 1 is 1.07 bits per heavy atom. The first-order valence-corrected chi connectivity index (χ1v) is 3.60. The molecule has 0 saturated heterocycles. The van der Waals surface area contributed by atoms with Crippen LogP contribution in [0.2, 0.25) is 5.02 Å². The molecule has 14 heavy (non-hydrogen) atoms. The van der Waals surface area contributed by atoms with Crippen molar-refractivity contribution in [3.63, 3.8) is 0 Å². The quantitative estimate of drug-likeness (QED) is 0.546. The minimum atomic E-state index is -1.25. The summed E-state index contributed by atoms with van der Waals surface area (Å²) in [6.45, 7) is 0. The van der Waals surface area contributed by atoms with Gasteiger partial charge in [0.15, 0.2) is 0 Å². The Balaban J connectivity index is 3.47. The van der Waals surface area contributed by atoms with Gasteiger partial charge in [-0.2, -0.15) is 0 Å². The number of nitro benzene ring substituents is 2. The Morgan fingerprint density at radius 2 is 1.43 bits per heavy atom. The van der Waals surface area contributed by atoms with Crippen molar-refractivity contribution < 1.29 is 15.0 Å². The maximum atomic E-state index is 11.1. The number of halogens is 1. The van der Waals surface area contributed by atoms with Crippen LogP contribution in [-0.4, -0.2) is 9.85 Å². The van der Waals surface area contributed by atoms with Gasteiger partial charge in [0.1, 0.15) is 0 Å². The van der Waals surface area contributed by atoms with E-state index in [1.54, 1.807) is 0 Å². The summed E-state index contributed by atoms with van der Waals surface area (Å²) in [5.74, 6) is -1.25. The summed E-state index contributed by atoms with van der Waals surface area (Å²) >= 11 is 5.36. The lowest BCUT2D eigenvalue weighted by Gasteiger charge is -2.06. The van der Waals surface area contributed by atoms with Crippen LogP contribution in [0.1, 0.15) is 0 Å². The van der Waals surface area contributed by atoms with Crippen molar-refractivity contribution in [3.05, 3.63) is 37.4 Å². The second-order valence-corrected chi connectivity index (χ2v) is 2.72. The maximum Gasteiger partial charge on any atom is 0.270 e. The van der Waals surface area contributed by atoms with E-state index in [9.17, 15) is 25.3 Å². The SMILES string of the molecule is O=[N+]([O-])c1cc(Cl)cc([N+](=O)[O-])c1[O-]. The molecule has 0 aliphatic carbocycles. The van der Waals surface area contributed by atoms with E-state index in [0.717, 1.165) is 12.1 Å². The lowest BCUT2D eigenvalue weighted by Crippen LogP contribution is -2.02. The van der Waals surface area contributed by atoms with Gasteiger partial charge in [0.2, 0.25) is 0 Å². The zero-order valence-electron chi connectivity index (χ0n) is 6.47. The van der Waals surface area contributed by atoms with Gasteiger partial charge >= 0.3 is 0 Å². The number of nitro groups is 2. The topological polar surface area (TPSA) is 109 Å². The highest BCUT2D eigenvalue weighted by atomic mass is 35.5. The zero-order valence-corrected chi connectivity index (χ0v) is 7.22. The highest BCUT2D eigenvalue weighted by Crippen LogP contribution is 2.35. The monoisotopic (exact) mass is 217 g/mol. The van der Waals surface area contributed by atoms with Gasteiger partial charge in [0.05, 0.1) is 20.6 Å². The van der Waals surface area contributed by atoms with E-state index in [4.69, 9.17) is 11.6 Å². The van der Waals surface area contributed by atoms with Crippen LogP contribution in [0.4, 0.5) is 11.4 Å². The molecule has 0 N–H and O–H groups in total. The molecule has 0 atom stereocenters. The fourth-order valence-corrected chi connectivity index (χ4v) is 1.04. The van der Waals surface area contributed by atoms with Crippen LogP contribution in [0.3, 0.4) is 0 Å². The highest BCUT2D eigenvalue weighted by Gasteiger charge is 2.18. The predicted molar refractivity (Wildman–Crippen MR) is 44.2 cm³/mol. The predicted octanol–water partition coefficient (Wildman–Crippen LogP) is 1.23. The van der Waals surface area contributed by atoms with Crippen molar-refractivity contribution in [1.29, 1.82) is 0 Å². The third-order valence-electron chi connectivity index (χ3n) is 1.41. The fraction of sp³-hybridized carbons (Fsp3) is 0. The van der Waals surface area contributed by atoms with Gasteiger partial charge in [-0.15, -0.1) is 0 Å². The van der Waals surface area contributed by atoms with Crippen LogP contribution in [0, 0.1) is 20.2 Å². The number of benzene rings is 1. The largest absolute Gasteiger partial charge is 0.863 e. The molecule has 1 rings (SSSR count). The van der Waals surface area contributed by atoms with Crippen molar-refractivity contribution in [2.24, 2.45) is 0 Å². The number of hydrogen-bond donors (Lipinski definition) is 0.